The number of nitrogens with zero attached hydrogens (tertiary/aromatic N) is 2. The highest BCUT2D eigenvalue weighted by Gasteiger charge is 2.22. The highest BCUT2D eigenvalue weighted by atomic mass is 35.5. The van der Waals surface area contributed by atoms with Gasteiger partial charge >= 0.3 is 5.97 Å². The zero-order valence-corrected chi connectivity index (χ0v) is 14.2. The lowest BCUT2D eigenvalue weighted by molar-refractivity contribution is 0.0520. The van der Waals surface area contributed by atoms with Crippen LogP contribution in [0, 0.1) is 0 Å². The summed E-state index contributed by atoms with van der Waals surface area (Å²) in [5.74, 6) is 0.283. The van der Waals surface area contributed by atoms with Crippen molar-refractivity contribution < 1.29 is 19.0 Å². The van der Waals surface area contributed by atoms with Crippen LogP contribution in [0.5, 0.6) is 11.5 Å². The number of nitrogens with one attached hydrogen (secondary N) is 1. The monoisotopic (exact) mass is 351 g/mol. The van der Waals surface area contributed by atoms with E-state index in [1.165, 1.54) is 0 Å². The van der Waals surface area contributed by atoms with E-state index in [1.54, 1.807) is 25.1 Å². The van der Waals surface area contributed by atoms with Crippen LogP contribution in [0.1, 0.15) is 24.3 Å². The normalized spacial score (nSPS) is 10.3. The summed E-state index contributed by atoms with van der Waals surface area (Å²) in [5.41, 5.74) is 0.966. The highest BCUT2D eigenvalue weighted by molar-refractivity contribution is 6.32. The Morgan fingerprint density at radius 3 is 2.75 bits per heavy atom. The minimum Gasteiger partial charge on any atom is -0.490 e. The number of esters is 1. The maximum Gasteiger partial charge on any atom is 0.361 e. The number of carbonyl (C=O) groups excluding carboxylic acids is 1. The largest absolute Gasteiger partial charge is 0.490 e. The molecule has 0 aliphatic heterocycles. The first-order valence-corrected chi connectivity index (χ1v) is 7.78. The van der Waals surface area contributed by atoms with E-state index in [9.17, 15) is 4.79 Å². The molecule has 128 valence electrons. The van der Waals surface area contributed by atoms with E-state index in [4.69, 9.17) is 25.8 Å². The molecule has 0 radical (unpaired) electrons. The third-order valence-electron chi connectivity index (χ3n) is 2.95. The quantitative estimate of drug-likeness (QED) is 0.580. The molecule has 0 aliphatic carbocycles. The Hall–Kier alpha value is -2.54. The smallest absolute Gasteiger partial charge is 0.361 e. The van der Waals surface area contributed by atoms with Crippen LogP contribution in [0.25, 0.3) is 11.3 Å². The van der Waals surface area contributed by atoms with Crippen LogP contribution < -0.4 is 9.47 Å². The lowest BCUT2D eigenvalue weighted by atomic mass is 10.1. The van der Waals surface area contributed by atoms with Crippen molar-refractivity contribution in [2.45, 2.75) is 13.8 Å². The molecule has 7 nitrogen and oxygen atoms in total. The number of benzene rings is 1. The van der Waals surface area contributed by atoms with Crippen molar-refractivity contribution in [3.05, 3.63) is 35.5 Å². The van der Waals surface area contributed by atoms with Crippen LogP contribution in [0.15, 0.2) is 24.8 Å². The van der Waals surface area contributed by atoms with Crippen LogP contribution in [0.3, 0.4) is 0 Å². The summed E-state index contributed by atoms with van der Waals surface area (Å²) in [6.45, 7) is 8.12. The first-order chi connectivity index (χ1) is 11.6. The van der Waals surface area contributed by atoms with Crippen LogP contribution >= 0.6 is 11.6 Å². The third-order valence-corrected chi connectivity index (χ3v) is 3.23. The van der Waals surface area contributed by atoms with E-state index in [1.807, 2.05) is 6.92 Å². The number of aromatic nitrogens is 3. The molecule has 0 atom stereocenters. The van der Waals surface area contributed by atoms with Gasteiger partial charge in [-0.1, -0.05) is 24.3 Å². The average molecular weight is 352 g/mol. The van der Waals surface area contributed by atoms with Crippen LogP contribution in [-0.2, 0) is 4.74 Å². The number of H-pyrrole nitrogens is 1. The van der Waals surface area contributed by atoms with Gasteiger partial charge in [-0.25, -0.2) is 4.79 Å². The van der Waals surface area contributed by atoms with E-state index in [2.05, 4.69) is 22.0 Å². The predicted molar refractivity (Wildman–Crippen MR) is 89.6 cm³/mol. The molecule has 0 amide bonds. The lowest BCUT2D eigenvalue weighted by Crippen LogP contribution is -2.07. The molecule has 1 heterocycles. The number of halogens is 1. The fourth-order valence-electron chi connectivity index (χ4n) is 2.02. The summed E-state index contributed by atoms with van der Waals surface area (Å²) in [5, 5.41) is 10.6. The number of hydrogen-bond donors (Lipinski definition) is 1. The maximum absolute atomic E-state index is 12.0. The Kier molecular flexibility index (Phi) is 6.20. The molecule has 0 saturated carbocycles. The molecular formula is C16H18ClN3O4. The van der Waals surface area contributed by atoms with E-state index in [0.29, 0.717) is 34.4 Å². The van der Waals surface area contributed by atoms with E-state index in [0.717, 1.165) is 0 Å². The molecular weight excluding hydrogens is 334 g/mol. The van der Waals surface area contributed by atoms with Gasteiger partial charge in [0, 0.05) is 5.56 Å². The van der Waals surface area contributed by atoms with E-state index in [-0.39, 0.29) is 18.9 Å². The standard InChI is InChI=1S/C16H18ClN3O4/c1-4-7-24-15-11(17)8-10(9-12(15)22-5-2)13-14(19-20-18-13)16(21)23-6-3/h4,8-9H,1,5-7H2,2-3H3,(H,18,19,20). The number of hydrogen-bond acceptors (Lipinski definition) is 6. The highest BCUT2D eigenvalue weighted by Crippen LogP contribution is 2.39. The number of rotatable bonds is 8. The van der Waals surface area contributed by atoms with Crippen molar-refractivity contribution in [3.63, 3.8) is 0 Å². The summed E-state index contributed by atoms with van der Waals surface area (Å²) < 4.78 is 16.1. The van der Waals surface area contributed by atoms with Gasteiger partial charge in [0.15, 0.2) is 17.2 Å². The molecule has 0 unspecified atom stereocenters. The summed E-state index contributed by atoms with van der Waals surface area (Å²) in [6, 6.07) is 3.32. The molecule has 0 fully saturated rings. The van der Waals surface area contributed by atoms with Crippen LogP contribution in [0.2, 0.25) is 5.02 Å². The van der Waals surface area contributed by atoms with Crippen molar-refractivity contribution in [2.24, 2.45) is 0 Å². The number of ether oxygens (including phenoxy) is 3. The molecule has 0 bridgehead atoms. The van der Waals surface area contributed by atoms with Gasteiger partial charge in [-0.3, -0.25) is 0 Å². The third kappa shape index (κ3) is 3.86. The first kappa shape index (κ1) is 17.8. The molecule has 2 rings (SSSR count). The van der Waals surface area contributed by atoms with Gasteiger partial charge in [0.05, 0.1) is 18.2 Å². The van der Waals surface area contributed by atoms with E-state index >= 15 is 0 Å². The van der Waals surface area contributed by atoms with Gasteiger partial charge in [-0.15, -0.1) is 5.10 Å². The molecule has 8 heteroatoms. The molecule has 0 spiro atoms. The van der Waals surface area contributed by atoms with Crippen molar-refractivity contribution in [3.8, 4) is 22.8 Å². The fourth-order valence-corrected chi connectivity index (χ4v) is 2.29. The Bertz CT molecular complexity index is 730. The Labute approximate surface area is 144 Å². The summed E-state index contributed by atoms with van der Waals surface area (Å²) in [4.78, 5) is 12.0. The van der Waals surface area contributed by atoms with Gasteiger partial charge in [0.1, 0.15) is 12.3 Å². The zero-order chi connectivity index (χ0) is 17.5. The second-order valence-corrected chi connectivity index (χ2v) is 4.97. The number of aromatic amines is 1. The Morgan fingerprint density at radius 2 is 2.08 bits per heavy atom. The molecule has 0 saturated heterocycles. The van der Waals surface area contributed by atoms with Crippen LogP contribution in [0.4, 0.5) is 0 Å². The molecule has 2 aromatic rings. The number of carbonyl (C=O) groups is 1. The second kappa shape index (κ2) is 8.35. The van der Waals surface area contributed by atoms with Gasteiger partial charge in [0.25, 0.3) is 0 Å². The topological polar surface area (TPSA) is 86.3 Å². The predicted octanol–water partition coefficient (Wildman–Crippen LogP) is 3.27. The van der Waals surface area contributed by atoms with Crippen LogP contribution in [-0.4, -0.2) is 41.2 Å². The van der Waals surface area contributed by atoms with Gasteiger partial charge in [-0.05, 0) is 26.0 Å². The average Bonchev–Trinajstić information content (AvgIpc) is 3.04. The van der Waals surface area contributed by atoms with Gasteiger partial charge in [-0.2, -0.15) is 10.3 Å². The minimum atomic E-state index is -0.567. The fraction of sp³-hybridized carbons (Fsp3) is 0.312. The van der Waals surface area contributed by atoms with Gasteiger partial charge < -0.3 is 14.2 Å². The summed E-state index contributed by atoms with van der Waals surface area (Å²) >= 11 is 6.30. The van der Waals surface area contributed by atoms with Crippen molar-refractivity contribution in [1.82, 2.24) is 15.4 Å². The van der Waals surface area contributed by atoms with Crippen molar-refractivity contribution >= 4 is 17.6 Å². The SMILES string of the molecule is C=CCOc1c(Cl)cc(-c2n[nH]nc2C(=O)OCC)cc1OCC. The van der Waals surface area contributed by atoms with Crippen molar-refractivity contribution in [1.29, 1.82) is 0 Å². The Morgan fingerprint density at radius 1 is 1.29 bits per heavy atom. The second-order valence-electron chi connectivity index (χ2n) is 4.56. The molecule has 0 aliphatic rings. The summed E-state index contributed by atoms with van der Waals surface area (Å²) in [7, 11) is 0. The zero-order valence-electron chi connectivity index (χ0n) is 13.5. The Balaban J connectivity index is 2.47. The lowest BCUT2D eigenvalue weighted by Gasteiger charge is -2.14. The summed E-state index contributed by atoms with van der Waals surface area (Å²) in [6.07, 6.45) is 1.61. The first-order valence-electron chi connectivity index (χ1n) is 7.40. The van der Waals surface area contributed by atoms with E-state index < -0.39 is 5.97 Å². The molecule has 1 aromatic heterocycles. The maximum atomic E-state index is 12.0. The molecule has 1 aromatic carbocycles. The minimum absolute atomic E-state index is 0.0788. The van der Waals surface area contributed by atoms with Crippen molar-refractivity contribution in [2.75, 3.05) is 19.8 Å². The molecule has 24 heavy (non-hydrogen) atoms. The molecule has 1 N–H and O–H groups in total. The van der Waals surface area contributed by atoms with Gasteiger partial charge in [0.2, 0.25) is 0 Å².